The van der Waals surface area contributed by atoms with Gasteiger partial charge in [0.05, 0.1) is 12.0 Å². The lowest BCUT2D eigenvalue weighted by Gasteiger charge is -2.38. The highest BCUT2D eigenvalue weighted by Crippen LogP contribution is 2.43. The van der Waals surface area contributed by atoms with Crippen LogP contribution in [0.4, 0.5) is 0 Å². The van der Waals surface area contributed by atoms with Gasteiger partial charge in [-0.25, -0.2) is 9.67 Å². The highest BCUT2D eigenvalue weighted by molar-refractivity contribution is 6.30. The molecule has 1 aliphatic carbocycles. The Morgan fingerprint density at radius 1 is 1.08 bits per heavy atom. The van der Waals surface area contributed by atoms with E-state index in [9.17, 15) is 9.59 Å². The van der Waals surface area contributed by atoms with Gasteiger partial charge >= 0.3 is 0 Å². The minimum atomic E-state index is -0.463. The lowest BCUT2D eigenvalue weighted by molar-refractivity contribution is -0.138. The Bertz CT molecular complexity index is 1580. The molecule has 0 radical (unpaired) electrons. The summed E-state index contributed by atoms with van der Waals surface area (Å²) in [5, 5.41) is 9.06. The lowest BCUT2D eigenvalue weighted by Crippen LogP contribution is -2.48. The summed E-state index contributed by atoms with van der Waals surface area (Å²) < 4.78 is 1.71. The van der Waals surface area contributed by atoms with Gasteiger partial charge in [-0.3, -0.25) is 9.59 Å². The number of likely N-dealkylation sites (tertiary alicyclic amines) is 1. The number of amides is 1. The summed E-state index contributed by atoms with van der Waals surface area (Å²) in [6, 6.07) is 14.1. The number of carbonyl (C=O) groups is 1. The number of aromatic nitrogens is 5. The van der Waals surface area contributed by atoms with Crippen molar-refractivity contribution in [2.45, 2.75) is 70.3 Å². The Balaban J connectivity index is 1.21. The summed E-state index contributed by atoms with van der Waals surface area (Å²) in [5.74, 6) is 0.927. The van der Waals surface area contributed by atoms with Crippen LogP contribution in [0.1, 0.15) is 72.5 Å². The predicted molar refractivity (Wildman–Crippen MR) is 151 cm³/mol. The van der Waals surface area contributed by atoms with Crippen molar-refractivity contribution in [3.05, 3.63) is 85.9 Å². The van der Waals surface area contributed by atoms with Crippen molar-refractivity contribution in [3.63, 3.8) is 0 Å². The third-order valence-electron chi connectivity index (χ3n) is 8.65. The van der Waals surface area contributed by atoms with Gasteiger partial charge in [-0.05, 0) is 68.4 Å². The van der Waals surface area contributed by atoms with Crippen molar-refractivity contribution < 1.29 is 4.79 Å². The number of piperidine rings is 1. The molecule has 1 aliphatic heterocycles. The Kier molecular flexibility index (Phi) is 6.75. The second-order valence-electron chi connectivity index (χ2n) is 11.2. The molecule has 1 saturated heterocycles. The fraction of sp³-hybridized carbons (Fsp3) is 0.433. The number of benzene rings is 2. The van der Waals surface area contributed by atoms with Crippen molar-refractivity contribution in [3.8, 4) is 0 Å². The molecule has 9 heteroatoms. The largest absolute Gasteiger partial charge is 0.342 e. The number of carbonyl (C=O) groups excluding carboxylic acids is 1. The van der Waals surface area contributed by atoms with E-state index in [1.54, 1.807) is 4.68 Å². The van der Waals surface area contributed by atoms with Crippen LogP contribution in [0.15, 0.2) is 47.3 Å². The molecule has 8 nitrogen and oxygen atoms in total. The van der Waals surface area contributed by atoms with E-state index >= 15 is 0 Å². The number of aromatic amines is 1. The molecule has 1 amide bonds. The molecule has 4 aromatic rings. The maximum atomic E-state index is 13.9. The monoisotopic (exact) mass is 544 g/mol. The molecule has 0 spiro atoms. The number of halogens is 1. The third kappa shape index (κ3) is 4.75. The van der Waals surface area contributed by atoms with Crippen LogP contribution in [0.25, 0.3) is 11.2 Å². The van der Waals surface area contributed by atoms with Gasteiger partial charge in [0.2, 0.25) is 5.91 Å². The first-order chi connectivity index (χ1) is 18.8. The molecule has 1 saturated carbocycles. The highest BCUT2D eigenvalue weighted by Gasteiger charge is 2.45. The number of rotatable bonds is 5. The number of fused-ring (bicyclic) bond motifs is 1. The van der Waals surface area contributed by atoms with E-state index in [0.717, 1.165) is 55.2 Å². The highest BCUT2D eigenvalue weighted by atomic mass is 35.5. The fourth-order valence-electron chi connectivity index (χ4n) is 6.35. The molecule has 2 aromatic heterocycles. The van der Waals surface area contributed by atoms with Crippen molar-refractivity contribution in [1.82, 2.24) is 29.9 Å². The summed E-state index contributed by atoms with van der Waals surface area (Å²) in [5.41, 5.74) is 4.54. The molecule has 2 aliphatic rings. The molecule has 0 bridgehead atoms. The maximum absolute atomic E-state index is 13.9. The zero-order valence-corrected chi connectivity index (χ0v) is 23.2. The van der Waals surface area contributed by atoms with Gasteiger partial charge in [0.15, 0.2) is 11.2 Å². The molecule has 0 unspecified atom stereocenters. The van der Waals surface area contributed by atoms with Crippen LogP contribution in [-0.2, 0) is 16.8 Å². The molecule has 2 fully saturated rings. The average Bonchev–Trinajstić information content (AvgIpc) is 3.60. The Morgan fingerprint density at radius 2 is 1.79 bits per heavy atom. The summed E-state index contributed by atoms with van der Waals surface area (Å²) in [4.78, 5) is 36.6. The molecular weight excluding hydrogens is 512 g/mol. The number of nitrogens with zero attached hydrogens (tertiary/aromatic N) is 5. The summed E-state index contributed by atoms with van der Waals surface area (Å²) >= 11 is 6.13. The van der Waals surface area contributed by atoms with Crippen LogP contribution in [0.2, 0.25) is 5.02 Å². The minimum Gasteiger partial charge on any atom is -0.342 e. The van der Waals surface area contributed by atoms with E-state index in [2.05, 4.69) is 47.3 Å². The summed E-state index contributed by atoms with van der Waals surface area (Å²) in [6.45, 7) is 5.91. The van der Waals surface area contributed by atoms with Crippen LogP contribution >= 0.6 is 11.6 Å². The van der Waals surface area contributed by atoms with Crippen molar-refractivity contribution in [1.29, 1.82) is 0 Å². The second kappa shape index (κ2) is 10.2. The van der Waals surface area contributed by atoms with E-state index in [-0.39, 0.29) is 22.9 Å². The average molecular weight is 545 g/mol. The Labute approximate surface area is 232 Å². The summed E-state index contributed by atoms with van der Waals surface area (Å²) in [6.07, 6.45) is 5.34. The topological polar surface area (TPSA) is 96.8 Å². The number of hydrogen-bond donors (Lipinski definition) is 1. The number of H-pyrrole nitrogens is 1. The first kappa shape index (κ1) is 25.7. The predicted octanol–water partition coefficient (Wildman–Crippen LogP) is 5.05. The third-order valence-corrected chi connectivity index (χ3v) is 8.90. The summed E-state index contributed by atoms with van der Waals surface area (Å²) in [7, 11) is 0. The molecule has 1 N–H and O–H groups in total. The van der Waals surface area contributed by atoms with E-state index in [1.165, 1.54) is 5.56 Å². The number of nitrogens with one attached hydrogen (secondary N) is 1. The van der Waals surface area contributed by atoms with E-state index < -0.39 is 5.41 Å². The zero-order valence-electron chi connectivity index (χ0n) is 22.4. The number of aryl methyl sites for hydroxylation is 2. The first-order valence-electron chi connectivity index (χ1n) is 13.8. The minimum absolute atomic E-state index is 0.0604. The van der Waals surface area contributed by atoms with Crippen LogP contribution in [0.3, 0.4) is 0 Å². The van der Waals surface area contributed by atoms with Gasteiger partial charge in [0.25, 0.3) is 5.56 Å². The van der Waals surface area contributed by atoms with E-state index in [0.29, 0.717) is 36.1 Å². The molecule has 6 rings (SSSR count). The first-order valence-corrected chi connectivity index (χ1v) is 14.2. The van der Waals surface area contributed by atoms with Crippen molar-refractivity contribution in [2.24, 2.45) is 0 Å². The van der Waals surface area contributed by atoms with Crippen molar-refractivity contribution >= 4 is 28.7 Å². The second-order valence-corrected chi connectivity index (χ2v) is 11.6. The van der Waals surface area contributed by atoms with Crippen LogP contribution in [0.5, 0.6) is 0 Å². The van der Waals surface area contributed by atoms with Gasteiger partial charge in [0.1, 0.15) is 5.82 Å². The van der Waals surface area contributed by atoms with Gasteiger partial charge in [0, 0.05) is 24.0 Å². The molecule has 39 heavy (non-hydrogen) atoms. The van der Waals surface area contributed by atoms with E-state index in [4.69, 9.17) is 16.6 Å². The smallest absolute Gasteiger partial charge is 0.281 e. The SMILES string of the molecule is Cc1ccc(C)c(Cn2nnc3c(=O)[nH]c(C4CCN(C(=O)C5(c6ccc(Cl)cc6)CCCC5)CC4)nc32)c1. The Hall–Kier alpha value is -3.52. The maximum Gasteiger partial charge on any atom is 0.281 e. The quantitative estimate of drug-likeness (QED) is 0.379. The number of hydrogen-bond acceptors (Lipinski definition) is 5. The lowest BCUT2D eigenvalue weighted by atomic mass is 9.77. The standard InChI is InChI=1S/C30H33ClN6O2/c1-19-5-6-20(2)22(17-19)18-37-27-25(34-35-37)28(38)33-26(32-27)21-11-15-36(16-12-21)29(39)30(13-3-4-14-30)23-7-9-24(31)10-8-23/h5-10,17,21H,3-4,11-16,18H2,1-2H3,(H,32,33,38). The zero-order chi connectivity index (χ0) is 27.1. The van der Waals surface area contributed by atoms with E-state index in [1.807, 2.05) is 29.2 Å². The Morgan fingerprint density at radius 3 is 2.51 bits per heavy atom. The van der Waals surface area contributed by atoms with Gasteiger partial charge in [-0.15, -0.1) is 5.10 Å². The normalized spacial score (nSPS) is 17.7. The van der Waals surface area contributed by atoms with Gasteiger partial charge < -0.3 is 9.88 Å². The molecule has 0 atom stereocenters. The van der Waals surface area contributed by atoms with Crippen LogP contribution in [-0.4, -0.2) is 48.9 Å². The fourth-order valence-corrected chi connectivity index (χ4v) is 6.47. The van der Waals surface area contributed by atoms with Gasteiger partial charge in [-0.2, -0.15) is 0 Å². The van der Waals surface area contributed by atoms with Crippen molar-refractivity contribution in [2.75, 3.05) is 13.1 Å². The van der Waals surface area contributed by atoms with Crippen LogP contribution < -0.4 is 5.56 Å². The van der Waals surface area contributed by atoms with Crippen LogP contribution in [0, 0.1) is 13.8 Å². The molecule has 202 valence electrons. The molecular formula is C30H33ClN6O2. The molecule has 2 aromatic carbocycles. The van der Waals surface area contributed by atoms with Gasteiger partial charge in [-0.1, -0.05) is 65.6 Å². The molecule has 3 heterocycles.